The summed E-state index contributed by atoms with van der Waals surface area (Å²) in [6.45, 7) is 0.174. The van der Waals surface area contributed by atoms with Crippen LogP contribution in [0.1, 0.15) is 6.42 Å². The molecule has 1 N–H and O–H groups in total. The molecule has 0 aromatic rings. The molecular weight excluding hydrogens is 109 g/mol. The van der Waals surface area contributed by atoms with Gasteiger partial charge in [0.2, 0.25) is 0 Å². The summed E-state index contributed by atoms with van der Waals surface area (Å²) in [5, 5.41) is 12.8. The Labute approximate surface area is 47.7 Å². The largest absolute Gasteiger partial charge is 0.309 e. The topological polar surface area (TPSA) is 31.9 Å². The SMILES string of the molecule is [O]CC1CC(F)CN1. The molecule has 0 spiro atoms. The normalized spacial score (nSPS) is 38.2. The summed E-state index contributed by atoms with van der Waals surface area (Å²) in [4.78, 5) is 0. The Balaban J connectivity index is 2.22. The third kappa shape index (κ3) is 1.17. The summed E-state index contributed by atoms with van der Waals surface area (Å²) in [5.74, 6) is 0. The molecular formula is C5H9FNO. The maximum Gasteiger partial charge on any atom is 0.114 e. The van der Waals surface area contributed by atoms with Crippen LogP contribution in [0.2, 0.25) is 0 Å². The molecule has 1 heterocycles. The predicted octanol–water partition coefficient (Wildman–Crippen LogP) is 0.117. The zero-order chi connectivity index (χ0) is 5.98. The van der Waals surface area contributed by atoms with Gasteiger partial charge in [-0.2, -0.15) is 0 Å². The molecule has 1 aliphatic heterocycles. The number of hydrogen-bond donors (Lipinski definition) is 1. The third-order valence-corrected chi connectivity index (χ3v) is 1.37. The van der Waals surface area contributed by atoms with E-state index >= 15 is 0 Å². The highest BCUT2D eigenvalue weighted by atomic mass is 19.1. The first kappa shape index (κ1) is 5.98. The van der Waals surface area contributed by atoms with Crippen LogP contribution in [0.5, 0.6) is 0 Å². The molecule has 1 aliphatic rings. The van der Waals surface area contributed by atoms with Crippen molar-refractivity contribution in [2.24, 2.45) is 0 Å². The van der Waals surface area contributed by atoms with E-state index < -0.39 is 6.17 Å². The summed E-state index contributed by atoms with van der Waals surface area (Å²) in [6, 6.07) is -0.106. The second-order valence-electron chi connectivity index (χ2n) is 2.10. The van der Waals surface area contributed by atoms with E-state index in [-0.39, 0.29) is 12.6 Å². The zero-order valence-electron chi connectivity index (χ0n) is 4.56. The van der Waals surface area contributed by atoms with Crippen molar-refractivity contribution in [3.05, 3.63) is 0 Å². The molecule has 0 aromatic heterocycles. The van der Waals surface area contributed by atoms with Gasteiger partial charge in [0.1, 0.15) is 6.17 Å². The Hall–Kier alpha value is -0.150. The standard InChI is InChI=1S/C5H9FNO/c6-4-1-5(3-8)7-2-4/h4-5,7H,1-3H2. The third-order valence-electron chi connectivity index (χ3n) is 1.37. The van der Waals surface area contributed by atoms with Crippen LogP contribution in [-0.4, -0.2) is 25.4 Å². The predicted molar refractivity (Wildman–Crippen MR) is 26.9 cm³/mol. The second-order valence-corrected chi connectivity index (χ2v) is 2.10. The van der Waals surface area contributed by atoms with E-state index in [9.17, 15) is 9.50 Å². The van der Waals surface area contributed by atoms with Gasteiger partial charge in [0.25, 0.3) is 0 Å². The van der Waals surface area contributed by atoms with Crippen molar-refractivity contribution in [2.75, 3.05) is 13.2 Å². The van der Waals surface area contributed by atoms with Crippen molar-refractivity contribution in [1.29, 1.82) is 0 Å². The lowest BCUT2D eigenvalue weighted by Crippen LogP contribution is -2.24. The highest BCUT2D eigenvalue weighted by Gasteiger charge is 2.22. The van der Waals surface area contributed by atoms with Gasteiger partial charge in [-0.15, -0.1) is 0 Å². The molecule has 1 saturated heterocycles. The summed E-state index contributed by atoms with van der Waals surface area (Å²) >= 11 is 0. The summed E-state index contributed by atoms with van der Waals surface area (Å²) in [7, 11) is 0. The van der Waals surface area contributed by atoms with Gasteiger partial charge in [-0.25, -0.2) is 9.50 Å². The van der Waals surface area contributed by atoms with Crippen molar-refractivity contribution in [3.8, 4) is 0 Å². The van der Waals surface area contributed by atoms with Crippen molar-refractivity contribution < 1.29 is 9.50 Å². The lowest BCUT2D eigenvalue weighted by atomic mass is 10.2. The summed E-state index contributed by atoms with van der Waals surface area (Å²) in [6.07, 6.45) is -0.377. The molecule has 8 heavy (non-hydrogen) atoms. The monoisotopic (exact) mass is 118 g/mol. The van der Waals surface area contributed by atoms with Crippen molar-refractivity contribution >= 4 is 0 Å². The van der Waals surface area contributed by atoms with Crippen LogP contribution in [0.3, 0.4) is 0 Å². The van der Waals surface area contributed by atoms with E-state index in [0.29, 0.717) is 13.0 Å². The number of nitrogens with one attached hydrogen (secondary N) is 1. The van der Waals surface area contributed by atoms with Gasteiger partial charge in [0.05, 0.1) is 6.61 Å². The fourth-order valence-electron chi connectivity index (χ4n) is 0.897. The average molecular weight is 118 g/mol. The van der Waals surface area contributed by atoms with Crippen molar-refractivity contribution in [1.82, 2.24) is 5.32 Å². The van der Waals surface area contributed by atoms with Gasteiger partial charge in [-0.05, 0) is 6.42 Å². The molecule has 47 valence electrons. The minimum absolute atomic E-state index is 0.106. The molecule has 0 aliphatic carbocycles. The molecule has 0 saturated carbocycles. The van der Waals surface area contributed by atoms with Gasteiger partial charge >= 0.3 is 0 Å². The lowest BCUT2D eigenvalue weighted by Gasteiger charge is -1.99. The molecule has 2 nitrogen and oxygen atoms in total. The van der Waals surface area contributed by atoms with Crippen LogP contribution in [0.15, 0.2) is 0 Å². The Bertz CT molecular complexity index is 78.8. The van der Waals surface area contributed by atoms with Crippen LogP contribution < -0.4 is 5.32 Å². The first-order valence-corrected chi connectivity index (χ1v) is 2.78. The van der Waals surface area contributed by atoms with Gasteiger partial charge in [-0.3, -0.25) is 0 Å². The highest BCUT2D eigenvalue weighted by molar-refractivity contribution is 4.79. The Morgan fingerprint density at radius 2 is 2.50 bits per heavy atom. The number of rotatable bonds is 1. The van der Waals surface area contributed by atoms with Gasteiger partial charge in [0.15, 0.2) is 0 Å². The number of hydrogen-bond acceptors (Lipinski definition) is 1. The summed E-state index contributed by atoms with van der Waals surface area (Å²) in [5.41, 5.74) is 0. The van der Waals surface area contributed by atoms with E-state index in [1.54, 1.807) is 0 Å². The van der Waals surface area contributed by atoms with Crippen LogP contribution in [0, 0.1) is 0 Å². The Kier molecular flexibility index (Phi) is 1.81. The van der Waals surface area contributed by atoms with E-state index in [2.05, 4.69) is 5.32 Å². The summed E-state index contributed by atoms with van der Waals surface area (Å²) < 4.78 is 12.2. The first-order chi connectivity index (χ1) is 3.83. The van der Waals surface area contributed by atoms with Gasteiger partial charge in [0, 0.05) is 12.6 Å². The minimum Gasteiger partial charge on any atom is -0.309 e. The van der Waals surface area contributed by atoms with Crippen LogP contribution in [0.25, 0.3) is 0 Å². The lowest BCUT2D eigenvalue weighted by molar-refractivity contribution is 0.163. The van der Waals surface area contributed by atoms with E-state index in [0.717, 1.165) is 0 Å². The van der Waals surface area contributed by atoms with Crippen molar-refractivity contribution in [3.63, 3.8) is 0 Å². The number of halogens is 1. The molecule has 0 aromatic carbocycles. The van der Waals surface area contributed by atoms with Crippen LogP contribution >= 0.6 is 0 Å². The molecule has 2 unspecified atom stereocenters. The van der Waals surface area contributed by atoms with Crippen LogP contribution in [0.4, 0.5) is 4.39 Å². The van der Waals surface area contributed by atoms with E-state index in [4.69, 9.17) is 0 Å². The van der Waals surface area contributed by atoms with Crippen LogP contribution in [-0.2, 0) is 5.11 Å². The second kappa shape index (κ2) is 2.42. The fourth-order valence-corrected chi connectivity index (χ4v) is 0.897. The highest BCUT2D eigenvalue weighted by Crippen LogP contribution is 2.08. The van der Waals surface area contributed by atoms with Gasteiger partial charge < -0.3 is 5.32 Å². The maximum absolute atomic E-state index is 12.2. The molecule has 3 heteroatoms. The number of alkyl halides is 1. The van der Waals surface area contributed by atoms with E-state index in [1.165, 1.54) is 0 Å². The molecule has 0 bridgehead atoms. The molecule has 1 rings (SSSR count). The van der Waals surface area contributed by atoms with E-state index in [1.807, 2.05) is 0 Å². The molecule has 1 radical (unpaired) electrons. The average Bonchev–Trinajstić information content (AvgIpc) is 2.14. The quantitative estimate of drug-likeness (QED) is 0.521. The van der Waals surface area contributed by atoms with Gasteiger partial charge in [-0.1, -0.05) is 0 Å². The molecule has 2 atom stereocenters. The smallest absolute Gasteiger partial charge is 0.114 e. The fraction of sp³-hybridized carbons (Fsp3) is 1.00. The zero-order valence-corrected chi connectivity index (χ0v) is 4.56. The molecule has 0 amide bonds. The maximum atomic E-state index is 12.2. The minimum atomic E-state index is -0.783. The molecule has 1 fully saturated rings. The first-order valence-electron chi connectivity index (χ1n) is 2.78. The Morgan fingerprint density at radius 1 is 1.75 bits per heavy atom. The van der Waals surface area contributed by atoms with Crippen molar-refractivity contribution in [2.45, 2.75) is 18.6 Å². The Morgan fingerprint density at radius 3 is 2.75 bits per heavy atom.